The highest BCUT2D eigenvalue weighted by molar-refractivity contribution is 4.80. The minimum atomic E-state index is 0.221. The van der Waals surface area contributed by atoms with Crippen molar-refractivity contribution in [2.24, 2.45) is 5.73 Å². The maximum atomic E-state index is 5.72. The van der Waals surface area contributed by atoms with Crippen LogP contribution in [0.4, 0.5) is 0 Å². The van der Waals surface area contributed by atoms with Crippen LogP contribution in [0.2, 0.25) is 0 Å². The number of hydrogen-bond donors (Lipinski definition) is 2. The van der Waals surface area contributed by atoms with E-state index in [1.807, 2.05) is 0 Å². The number of nitrogens with one attached hydrogen (secondary N) is 1. The number of rotatable bonds is 1. The Morgan fingerprint density at radius 2 is 2.44 bits per heavy atom. The van der Waals surface area contributed by atoms with Gasteiger partial charge in [-0.3, -0.25) is 0 Å². The van der Waals surface area contributed by atoms with Gasteiger partial charge >= 0.3 is 0 Å². The molecule has 3 nitrogen and oxygen atoms in total. The van der Waals surface area contributed by atoms with Crippen molar-refractivity contribution in [1.82, 2.24) is 5.32 Å². The van der Waals surface area contributed by atoms with Gasteiger partial charge in [-0.15, -0.1) is 0 Å². The topological polar surface area (TPSA) is 47.3 Å². The zero-order valence-corrected chi connectivity index (χ0v) is 5.76. The molecule has 54 valence electrons. The predicted octanol–water partition coefficient (Wildman–Crippen LogP) is -0.678. The number of piperidine rings is 1. The molecule has 1 rings (SSSR count). The summed E-state index contributed by atoms with van der Waals surface area (Å²) in [6.07, 6.45) is 1.25. The molecule has 2 atom stereocenters. The third-order valence-corrected chi connectivity index (χ3v) is 1.78. The SMILES string of the molecule is CO[C@@H]1CNCC[C@H]1N. The summed E-state index contributed by atoms with van der Waals surface area (Å²) in [5, 5.41) is 3.21. The average Bonchev–Trinajstić information content (AvgIpc) is 1.89. The Kier molecular flexibility index (Phi) is 2.45. The fraction of sp³-hybridized carbons (Fsp3) is 1.00. The molecule has 1 saturated heterocycles. The summed E-state index contributed by atoms with van der Waals surface area (Å²) in [5.41, 5.74) is 5.72. The summed E-state index contributed by atoms with van der Waals surface area (Å²) in [7, 11) is 1.71. The summed E-state index contributed by atoms with van der Waals surface area (Å²) < 4.78 is 5.12. The molecular weight excluding hydrogens is 116 g/mol. The Labute approximate surface area is 55.6 Å². The molecule has 0 aromatic heterocycles. The maximum Gasteiger partial charge on any atom is 0.0846 e. The lowest BCUT2D eigenvalue weighted by Gasteiger charge is -2.27. The van der Waals surface area contributed by atoms with Crippen molar-refractivity contribution in [2.45, 2.75) is 18.6 Å². The van der Waals surface area contributed by atoms with Crippen LogP contribution in [0.1, 0.15) is 6.42 Å². The highest BCUT2D eigenvalue weighted by Gasteiger charge is 2.19. The van der Waals surface area contributed by atoms with E-state index in [4.69, 9.17) is 10.5 Å². The average molecular weight is 130 g/mol. The first-order valence-electron chi connectivity index (χ1n) is 3.33. The van der Waals surface area contributed by atoms with Gasteiger partial charge in [0.05, 0.1) is 6.10 Å². The molecule has 0 aromatic rings. The third-order valence-electron chi connectivity index (χ3n) is 1.78. The van der Waals surface area contributed by atoms with Crippen LogP contribution in [-0.4, -0.2) is 32.3 Å². The summed E-state index contributed by atoms with van der Waals surface area (Å²) >= 11 is 0. The van der Waals surface area contributed by atoms with E-state index < -0.39 is 0 Å². The minimum absolute atomic E-state index is 0.221. The Morgan fingerprint density at radius 1 is 1.67 bits per heavy atom. The molecule has 0 aromatic carbocycles. The van der Waals surface area contributed by atoms with Crippen LogP contribution in [0.5, 0.6) is 0 Å². The molecule has 0 amide bonds. The largest absolute Gasteiger partial charge is 0.379 e. The van der Waals surface area contributed by atoms with Crippen molar-refractivity contribution >= 4 is 0 Å². The molecule has 1 aliphatic heterocycles. The fourth-order valence-electron chi connectivity index (χ4n) is 1.11. The van der Waals surface area contributed by atoms with Crippen LogP contribution in [-0.2, 0) is 4.74 Å². The number of nitrogens with two attached hydrogens (primary N) is 1. The number of hydrogen-bond acceptors (Lipinski definition) is 3. The Hall–Kier alpha value is -0.120. The molecular formula is C6H14N2O. The molecule has 0 radical (unpaired) electrons. The second-order valence-electron chi connectivity index (χ2n) is 2.43. The van der Waals surface area contributed by atoms with E-state index in [2.05, 4.69) is 5.32 Å². The second-order valence-corrected chi connectivity index (χ2v) is 2.43. The van der Waals surface area contributed by atoms with Gasteiger partial charge in [0.2, 0.25) is 0 Å². The monoisotopic (exact) mass is 130 g/mol. The lowest BCUT2D eigenvalue weighted by Crippen LogP contribution is -2.49. The smallest absolute Gasteiger partial charge is 0.0846 e. The molecule has 0 unspecified atom stereocenters. The van der Waals surface area contributed by atoms with E-state index in [9.17, 15) is 0 Å². The van der Waals surface area contributed by atoms with E-state index in [1.165, 1.54) is 0 Å². The van der Waals surface area contributed by atoms with Gasteiger partial charge in [-0.05, 0) is 13.0 Å². The minimum Gasteiger partial charge on any atom is -0.379 e. The van der Waals surface area contributed by atoms with E-state index >= 15 is 0 Å². The lowest BCUT2D eigenvalue weighted by molar-refractivity contribution is 0.0646. The molecule has 0 saturated carbocycles. The normalized spacial score (nSPS) is 36.7. The fourth-order valence-corrected chi connectivity index (χ4v) is 1.11. The molecule has 0 bridgehead atoms. The maximum absolute atomic E-state index is 5.72. The van der Waals surface area contributed by atoms with Crippen LogP contribution in [0.15, 0.2) is 0 Å². The third kappa shape index (κ3) is 1.64. The number of ether oxygens (including phenoxy) is 1. The highest BCUT2D eigenvalue weighted by atomic mass is 16.5. The summed E-state index contributed by atoms with van der Waals surface area (Å²) in [4.78, 5) is 0. The van der Waals surface area contributed by atoms with Gasteiger partial charge in [0.25, 0.3) is 0 Å². The lowest BCUT2D eigenvalue weighted by atomic mass is 10.1. The second kappa shape index (κ2) is 3.15. The quantitative estimate of drug-likeness (QED) is 0.494. The van der Waals surface area contributed by atoms with Crippen molar-refractivity contribution in [3.63, 3.8) is 0 Å². The predicted molar refractivity (Wildman–Crippen MR) is 36.3 cm³/mol. The molecule has 3 heteroatoms. The van der Waals surface area contributed by atoms with Crippen LogP contribution < -0.4 is 11.1 Å². The Morgan fingerprint density at radius 3 is 2.89 bits per heavy atom. The van der Waals surface area contributed by atoms with Gasteiger partial charge < -0.3 is 15.8 Å². The van der Waals surface area contributed by atoms with Crippen molar-refractivity contribution in [1.29, 1.82) is 0 Å². The first kappa shape index (κ1) is 6.99. The molecule has 1 heterocycles. The van der Waals surface area contributed by atoms with Crippen molar-refractivity contribution < 1.29 is 4.74 Å². The van der Waals surface area contributed by atoms with Gasteiger partial charge in [0.15, 0.2) is 0 Å². The zero-order chi connectivity index (χ0) is 6.69. The van der Waals surface area contributed by atoms with Gasteiger partial charge in [-0.1, -0.05) is 0 Å². The van der Waals surface area contributed by atoms with E-state index in [1.54, 1.807) is 7.11 Å². The Bertz CT molecular complexity index is 87.1. The van der Waals surface area contributed by atoms with E-state index in [0.717, 1.165) is 19.5 Å². The number of methoxy groups -OCH3 is 1. The molecule has 1 fully saturated rings. The van der Waals surface area contributed by atoms with Gasteiger partial charge in [0, 0.05) is 19.7 Å². The van der Waals surface area contributed by atoms with Crippen molar-refractivity contribution in [3.8, 4) is 0 Å². The van der Waals surface area contributed by atoms with Crippen LogP contribution >= 0.6 is 0 Å². The highest BCUT2D eigenvalue weighted by Crippen LogP contribution is 2.02. The molecule has 9 heavy (non-hydrogen) atoms. The van der Waals surface area contributed by atoms with Crippen LogP contribution in [0, 0.1) is 0 Å². The van der Waals surface area contributed by atoms with Crippen LogP contribution in [0.25, 0.3) is 0 Å². The first-order chi connectivity index (χ1) is 4.34. The summed E-state index contributed by atoms with van der Waals surface area (Å²) in [6.45, 7) is 1.93. The van der Waals surface area contributed by atoms with E-state index in [-0.39, 0.29) is 12.1 Å². The zero-order valence-electron chi connectivity index (χ0n) is 5.76. The molecule has 3 N–H and O–H groups in total. The van der Waals surface area contributed by atoms with Gasteiger partial charge in [-0.2, -0.15) is 0 Å². The summed E-state index contributed by atoms with van der Waals surface area (Å²) in [6, 6.07) is 0.233. The van der Waals surface area contributed by atoms with Gasteiger partial charge in [-0.25, -0.2) is 0 Å². The molecule has 0 aliphatic carbocycles. The molecule has 1 aliphatic rings. The van der Waals surface area contributed by atoms with Crippen molar-refractivity contribution in [2.75, 3.05) is 20.2 Å². The van der Waals surface area contributed by atoms with Crippen molar-refractivity contribution in [3.05, 3.63) is 0 Å². The van der Waals surface area contributed by atoms with Gasteiger partial charge in [0.1, 0.15) is 0 Å². The summed E-state index contributed by atoms with van der Waals surface area (Å²) in [5.74, 6) is 0. The first-order valence-corrected chi connectivity index (χ1v) is 3.33. The Balaban J connectivity index is 2.30. The molecule has 0 spiro atoms. The standard InChI is InChI=1S/C6H14N2O/c1-9-6-4-8-3-2-5(6)7/h5-6,8H,2-4,7H2,1H3/t5-,6-/m1/s1. The van der Waals surface area contributed by atoms with Crippen LogP contribution in [0.3, 0.4) is 0 Å². The van der Waals surface area contributed by atoms with E-state index in [0.29, 0.717) is 0 Å².